The summed E-state index contributed by atoms with van der Waals surface area (Å²) in [6.45, 7) is 3.95. The number of pyridine rings is 1. The van der Waals surface area contributed by atoms with Crippen LogP contribution in [0, 0.1) is 13.8 Å². The zero-order valence-corrected chi connectivity index (χ0v) is 13.8. The van der Waals surface area contributed by atoms with E-state index in [0.29, 0.717) is 18.4 Å². The second-order valence-corrected chi connectivity index (χ2v) is 5.97. The molecular weight excluding hydrogens is 304 g/mol. The van der Waals surface area contributed by atoms with Gasteiger partial charge in [-0.1, -0.05) is 18.2 Å². The molecular formula is C19H20N2O3. The number of furan rings is 1. The smallest absolute Gasteiger partial charge is 0.253 e. The number of hydrogen-bond acceptors (Lipinski definition) is 3. The van der Waals surface area contributed by atoms with E-state index in [0.717, 1.165) is 28.0 Å². The van der Waals surface area contributed by atoms with Crippen molar-refractivity contribution >= 4 is 16.9 Å². The van der Waals surface area contributed by atoms with Crippen LogP contribution in [0.25, 0.3) is 11.0 Å². The molecule has 0 aliphatic rings. The average molecular weight is 324 g/mol. The molecule has 0 unspecified atom stereocenters. The number of aromatic amines is 1. The molecule has 0 bridgehead atoms. The number of rotatable bonds is 5. The monoisotopic (exact) mass is 324 g/mol. The first kappa shape index (κ1) is 16.1. The van der Waals surface area contributed by atoms with E-state index in [4.69, 9.17) is 4.42 Å². The number of aromatic nitrogens is 1. The van der Waals surface area contributed by atoms with E-state index in [1.165, 1.54) is 0 Å². The van der Waals surface area contributed by atoms with Crippen LogP contribution in [-0.2, 0) is 17.8 Å². The fourth-order valence-corrected chi connectivity index (χ4v) is 2.77. The number of carbonyl (C=O) groups is 1. The van der Waals surface area contributed by atoms with Gasteiger partial charge in [-0.15, -0.1) is 0 Å². The standard InChI is InChI=1S/C19H20N2O3/c1-12-9-13(2)21-19(23)16(12)11-20-18(22)8-7-15-10-14-5-3-4-6-17(14)24-15/h3-6,9-10H,7-8,11H2,1-2H3,(H,20,22)(H,21,23). The van der Waals surface area contributed by atoms with E-state index >= 15 is 0 Å². The van der Waals surface area contributed by atoms with Crippen molar-refractivity contribution in [3.8, 4) is 0 Å². The summed E-state index contributed by atoms with van der Waals surface area (Å²) in [6, 6.07) is 11.6. The molecule has 0 atom stereocenters. The van der Waals surface area contributed by atoms with Crippen LogP contribution in [0.5, 0.6) is 0 Å². The second-order valence-electron chi connectivity index (χ2n) is 5.97. The van der Waals surface area contributed by atoms with Crippen LogP contribution in [0.15, 0.2) is 45.6 Å². The summed E-state index contributed by atoms with van der Waals surface area (Å²) in [7, 11) is 0. The molecule has 0 radical (unpaired) electrons. The van der Waals surface area contributed by atoms with Crippen molar-refractivity contribution in [1.29, 1.82) is 0 Å². The third kappa shape index (κ3) is 3.56. The number of nitrogens with one attached hydrogen (secondary N) is 2. The molecule has 5 heteroatoms. The number of benzene rings is 1. The van der Waals surface area contributed by atoms with Gasteiger partial charge in [0.1, 0.15) is 11.3 Å². The first-order chi connectivity index (χ1) is 11.5. The Balaban J connectivity index is 1.57. The van der Waals surface area contributed by atoms with Gasteiger partial charge in [-0.25, -0.2) is 0 Å². The molecule has 3 rings (SSSR count). The molecule has 0 aliphatic carbocycles. The predicted molar refractivity (Wildman–Crippen MR) is 92.9 cm³/mol. The van der Waals surface area contributed by atoms with E-state index in [2.05, 4.69) is 10.3 Å². The molecule has 0 saturated carbocycles. The van der Waals surface area contributed by atoms with E-state index in [9.17, 15) is 9.59 Å². The predicted octanol–water partition coefficient (Wildman–Crippen LogP) is 2.99. The number of carbonyl (C=O) groups excluding carboxylic acids is 1. The SMILES string of the molecule is Cc1cc(C)c(CNC(=O)CCc2cc3ccccc3o2)c(=O)[nH]1. The fourth-order valence-electron chi connectivity index (χ4n) is 2.77. The molecule has 1 amide bonds. The lowest BCUT2D eigenvalue weighted by atomic mass is 10.1. The minimum atomic E-state index is -0.148. The normalized spacial score (nSPS) is 10.9. The van der Waals surface area contributed by atoms with Gasteiger partial charge in [0.25, 0.3) is 5.56 Å². The highest BCUT2D eigenvalue weighted by atomic mass is 16.3. The van der Waals surface area contributed by atoms with Crippen molar-refractivity contribution in [3.63, 3.8) is 0 Å². The molecule has 0 spiro atoms. The van der Waals surface area contributed by atoms with Crippen LogP contribution in [0.4, 0.5) is 0 Å². The maximum absolute atomic E-state index is 12.0. The highest BCUT2D eigenvalue weighted by molar-refractivity contribution is 5.78. The van der Waals surface area contributed by atoms with Crippen LogP contribution in [-0.4, -0.2) is 10.9 Å². The summed E-state index contributed by atoms with van der Waals surface area (Å²) >= 11 is 0. The summed E-state index contributed by atoms with van der Waals surface area (Å²) in [5.74, 6) is 0.686. The maximum atomic E-state index is 12.0. The Morgan fingerprint density at radius 3 is 2.75 bits per heavy atom. The first-order valence-electron chi connectivity index (χ1n) is 7.96. The van der Waals surface area contributed by atoms with Gasteiger partial charge in [-0.3, -0.25) is 9.59 Å². The molecule has 2 aromatic heterocycles. The summed E-state index contributed by atoms with van der Waals surface area (Å²) < 4.78 is 5.70. The van der Waals surface area contributed by atoms with Crippen LogP contribution in [0.1, 0.15) is 29.0 Å². The molecule has 3 aromatic rings. The van der Waals surface area contributed by atoms with Gasteiger partial charge in [0.15, 0.2) is 0 Å². The van der Waals surface area contributed by atoms with Gasteiger partial charge in [0.05, 0.1) is 0 Å². The Kier molecular flexibility index (Phi) is 4.51. The number of hydrogen-bond donors (Lipinski definition) is 2. The van der Waals surface area contributed by atoms with E-state index in [1.54, 1.807) is 0 Å². The van der Waals surface area contributed by atoms with Crippen molar-refractivity contribution in [2.24, 2.45) is 0 Å². The highest BCUT2D eigenvalue weighted by Gasteiger charge is 2.09. The maximum Gasteiger partial charge on any atom is 0.253 e. The van der Waals surface area contributed by atoms with Gasteiger partial charge < -0.3 is 14.7 Å². The third-order valence-corrected chi connectivity index (χ3v) is 4.03. The van der Waals surface area contributed by atoms with Crippen LogP contribution < -0.4 is 10.9 Å². The Morgan fingerprint density at radius 1 is 1.21 bits per heavy atom. The molecule has 2 heterocycles. The zero-order valence-electron chi connectivity index (χ0n) is 13.8. The molecule has 2 N–H and O–H groups in total. The molecule has 0 aliphatic heterocycles. The summed E-state index contributed by atoms with van der Waals surface area (Å²) in [5.41, 5.74) is 2.98. The number of amides is 1. The van der Waals surface area contributed by atoms with Crippen molar-refractivity contribution in [3.05, 3.63) is 69.3 Å². The van der Waals surface area contributed by atoms with Crippen molar-refractivity contribution in [1.82, 2.24) is 10.3 Å². The number of H-pyrrole nitrogens is 1. The lowest BCUT2D eigenvalue weighted by Crippen LogP contribution is -2.28. The molecule has 0 saturated heterocycles. The van der Waals surface area contributed by atoms with Gasteiger partial charge in [-0.05, 0) is 37.6 Å². The summed E-state index contributed by atoms with van der Waals surface area (Å²) in [5, 5.41) is 3.84. The van der Waals surface area contributed by atoms with E-state index in [1.807, 2.05) is 50.2 Å². The van der Waals surface area contributed by atoms with Crippen molar-refractivity contribution < 1.29 is 9.21 Å². The van der Waals surface area contributed by atoms with E-state index < -0.39 is 0 Å². The fraction of sp³-hybridized carbons (Fsp3) is 0.263. The second kappa shape index (κ2) is 6.74. The molecule has 24 heavy (non-hydrogen) atoms. The van der Waals surface area contributed by atoms with Crippen molar-refractivity contribution in [2.45, 2.75) is 33.2 Å². The summed E-state index contributed by atoms with van der Waals surface area (Å²) in [6.07, 6.45) is 0.854. The van der Waals surface area contributed by atoms with Gasteiger partial charge in [0.2, 0.25) is 5.91 Å². The van der Waals surface area contributed by atoms with Gasteiger partial charge in [0, 0.05) is 36.0 Å². The number of aryl methyl sites for hydroxylation is 3. The van der Waals surface area contributed by atoms with Gasteiger partial charge >= 0.3 is 0 Å². The Morgan fingerprint density at radius 2 is 2.00 bits per heavy atom. The topological polar surface area (TPSA) is 75.1 Å². The lowest BCUT2D eigenvalue weighted by Gasteiger charge is -2.07. The highest BCUT2D eigenvalue weighted by Crippen LogP contribution is 2.19. The molecule has 0 fully saturated rings. The summed E-state index contributed by atoms with van der Waals surface area (Å²) in [4.78, 5) is 26.7. The minimum Gasteiger partial charge on any atom is -0.461 e. The Bertz CT molecular complexity index is 904. The van der Waals surface area contributed by atoms with Gasteiger partial charge in [-0.2, -0.15) is 0 Å². The van der Waals surface area contributed by atoms with Crippen LogP contribution >= 0.6 is 0 Å². The number of para-hydroxylation sites is 1. The third-order valence-electron chi connectivity index (χ3n) is 4.03. The molecule has 1 aromatic carbocycles. The quantitative estimate of drug-likeness (QED) is 0.757. The van der Waals surface area contributed by atoms with Crippen molar-refractivity contribution in [2.75, 3.05) is 0 Å². The number of fused-ring (bicyclic) bond motifs is 1. The lowest BCUT2D eigenvalue weighted by molar-refractivity contribution is -0.121. The zero-order chi connectivity index (χ0) is 17.1. The minimum absolute atomic E-state index is 0.102. The van der Waals surface area contributed by atoms with Crippen LogP contribution in [0.2, 0.25) is 0 Å². The van der Waals surface area contributed by atoms with Crippen LogP contribution in [0.3, 0.4) is 0 Å². The largest absolute Gasteiger partial charge is 0.461 e. The molecule has 5 nitrogen and oxygen atoms in total. The molecule has 124 valence electrons. The first-order valence-corrected chi connectivity index (χ1v) is 7.96. The average Bonchev–Trinajstić information content (AvgIpc) is 2.94. The Hall–Kier alpha value is -2.82. The Labute approximate surface area is 139 Å². The van der Waals surface area contributed by atoms with E-state index in [-0.39, 0.29) is 18.0 Å².